The number of anilines is 1. The molecule has 1 aliphatic rings. The van der Waals surface area contributed by atoms with Crippen LogP contribution < -0.4 is 20.1 Å². The minimum Gasteiger partial charge on any atom is -0.483 e. The summed E-state index contributed by atoms with van der Waals surface area (Å²) in [4.78, 5) is 42.7. The van der Waals surface area contributed by atoms with E-state index in [1.54, 1.807) is 0 Å². The third-order valence-corrected chi connectivity index (χ3v) is 7.31. The lowest BCUT2D eigenvalue weighted by molar-refractivity contribution is -0.119. The van der Waals surface area contributed by atoms with Crippen molar-refractivity contribution in [3.05, 3.63) is 77.1 Å². The molecule has 2 heterocycles. The number of H-pyrrole nitrogens is 1. The number of benzene rings is 3. The average Bonchev–Trinajstić information content (AvgIpc) is 3.44. The lowest BCUT2D eigenvalue weighted by Gasteiger charge is -2.13. The van der Waals surface area contributed by atoms with Crippen molar-refractivity contribution in [1.82, 2.24) is 15.3 Å². The van der Waals surface area contributed by atoms with Gasteiger partial charge in [0.25, 0.3) is 5.24 Å². The van der Waals surface area contributed by atoms with Crippen molar-refractivity contribution >= 4 is 57.9 Å². The Balaban J connectivity index is 0.00000370. The number of nitrogens with zero attached hydrogens (tertiary/aromatic N) is 1. The number of carbonyl (C=O) groups is 3. The van der Waals surface area contributed by atoms with Crippen molar-refractivity contribution in [3.63, 3.8) is 0 Å². The fraction of sp³-hybridized carbons (Fsp3) is 0.241. The summed E-state index contributed by atoms with van der Waals surface area (Å²) in [5.41, 5.74) is 5.19. The molecule has 3 N–H and O–H groups in total. The zero-order valence-corrected chi connectivity index (χ0v) is 24.0. The monoisotopic (exact) mass is 580 g/mol. The standard InChI is InChI=1S/C29H28N4O5S.ClH/c1-15-11-22(12-16(2)26(15)30-18(4)34)38-21-9-10-23-24(14-21)32-27(31-23)17(3)37-20-7-5-19(6-8-20)13-25-28(35)33-29(36)39-25;/h5-12,14,17,25H,13H2,1-4H3,(H,30,34)(H,31,32)(H,33,35,36);1H. The highest BCUT2D eigenvalue weighted by Gasteiger charge is 2.31. The minimum atomic E-state index is -0.399. The molecule has 3 amide bonds. The van der Waals surface area contributed by atoms with E-state index in [1.165, 1.54) is 6.92 Å². The number of thioether (sulfide) groups is 1. The third-order valence-electron chi connectivity index (χ3n) is 6.32. The van der Waals surface area contributed by atoms with Gasteiger partial charge in [-0.3, -0.25) is 19.7 Å². The molecule has 3 aromatic carbocycles. The zero-order valence-electron chi connectivity index (χ0n) is 22.4. The summed E-state index contributed by atoms with van der Waals surface area (Å²) in [5, 5.41) is 4.47. The van der Waals surface area contributed by atoms with Gasteiger partial charge in [-0.15, -0.1) is 12.4 Å². The number of fused-ring (bicyclic) bond motifs is 1. The summed E-state index contributed by atoms with van der Waals surface area (Å²) < 4.78 is 12.2. The van der Waals surface area contributed by atoms with Crippen LogP contribution in [0.3, 0.4) is 0 Å². The van der Waals surface area contributed by atoms with Crippen LogP contribution in [-0.4, -0.2) is 32.3 Å². The average molecular weight is 581 g/mol. The normalized spacial score (nSPS) is 15.3. The molecule has 1 aliphatic heterocycles. The van der Waals surface area contributed by atoms with Crippen LogP contribution in [0.4, 0.5) is 10.5 Å². The summed E-state index contributed by atoms with van der Waals surface area (Å²) in [6.07, 6.45) is 0.137. The number of rotatable bonds is 8. The van der Waals surface area contributed by atoms with Gasteiger partial charge in [-0.25, -0.2) is 4.98 Å². The molecule has 1 saturated heterocycles. The van der Waals surface area contributed by atoms with E-state index in [4.69, 9.17) is 9.47 Å². The van der Waals surface area contributed by atoms with Gasteiger partial charge >= 0.3 is 0 Å². The molecule has 0 spiro atoms. The molecule has 5 rings (SSSR count). The second-order valence-electron chi connectivity index (χ2n) is 9.51. The van der Waals surface area contributed by atoms with Crippen molar-refractivity contribution < 1.29 is 23.9 Å². The van der Waals surface area contributed by atoms with Gasteiger partial charge in [0.2, 0.25) is 11.8 Å². The van der Waals surface area contributed by atoms with Crippen LogP contribution in [-0.2, 0) is 16.0 Å². The summed E-state index contributed by atoms with van der Waals surface area (Å²) in [7, 11) is 0. The van der Waals surface area contributed by atoms with E-state index >= 15 is 0 Å². The molecule has 9 nitrogen and oxygen atoms in total. The summed E-state index contributed by atoms with van der Waals surface area (Å²) in [6, 6.07) is 16.9. The Morgan fingerprint density at radius 2 is 1.70 bits per heavy atom. The van der Waals surface area contributed by atoms with Crippen LogP contribution in [0.5, 0.6) is 17.2 Å². The first kappa shape index (κ1) is 29.0. The van der Waals surface area contributed by atoms with Gasteiger partial charge in [-0.05, 0) is 80.3 Å². The van der Waals surface area contributed by atoms with E-state index in [0.29, 0.717) is 29.5 Å². The number of aromatic nitrogens is 2. The number of carbonyl (C=O) groups excluding carboxylic acids is 3. The van der Waals surface area contributed by atoms with Gasteiger partial charge in [0.1, 0.15) is 23.1 Å². The van der Waals surface area contributed by atoms with Crippen LogP contribution in [0.15, 0.2) is 54.6 Å². The molecule has 1 fully saturated rings. The molecule has 2 unspecified atom stereocenters. The third kappa shape index (κ3) is 6.57. The van der Waals surface area contributed by atoms with Gasteiger partial charge in [-0.1, -0.05) is 23.9 Å². The molecule has 40 heavy (non-hydrogen) atoms. The second-order valence-corrected chi connectivity index (χ2v) is 10.7. The molecule has 208 valence electrons. The van der Waals surface area contributed by atoms with E-state index in [-0.39, 0.29) is 35.6 Å². The molecule has 0 radical (unpaired) electrons. The Morgan fingerprint density at radius 3 is 2.33 bits per heavy atom. The first-order chi connectivity index (χ1) is 18.6. The molecule has 1 aromatic heterocycles. The van der Waals surface area contributed by atoms with Crippen LogP contribution >= 0.6 is 24.2 Å². The fourth-order valence-electron chi connectivity index (χ4n) is 4.46. The van der Waals surface area contributed by atoms with E-state index in [0.717, 1.165) is 45.2 Å². The second kappa shape index (κ2) is 12.0. The largest absolute Gasteiger partial charge is 0.483 e. The Labute approximate surface area is 241 Å². The highest BCUT2D eigenvalue weighted by Crippen LogP contribution is 2.31. The van der Waals surface area contributed by atoms with Gasteiger partial charge in [-0.2, -0.15) is 0 Å². The smallest absolute Gasteiger partial charge is 0.286 e. The van der Waals surface area contributed by atoms with Crippen LogP contribution in [0.1, 0.15) is 42.5 Å². The van der Waals surface area contributed by atoms with Gasteiger partial charge in [0, 0.05) is 18.7 Å². The fourth-order valence-corrected chi connectivity index (χ4v) is 5.32. The minimum absolute atomic E-state index is 0. The highest BCUT2D eigenvalue weighted by molar-refractivity contribution is 8.15. The molecule has 0 aliphatic carbocycles. The van der Waals surface area contributed by atoms with E-state index in [9.17, 15) is 14.4 Å². The molecule has 4 aromatic rings. The molecule has 0 saturated carbocycles. The Kier molecular flexibility index (Phi) is 8.70. The number of aryl methyl sites for hydroxylation is 2. The molecule has 2 atom stereocenters. The van der Waals surface area contributed by atoms with Crippen LogP contribution in [0.25, 0.3) is 11.0 Å². The lowest BCUT2D eigenvalue weighted by Crippen LogP contribution is -2.25. The Morgan fingerprint density at radius 1 is 1.02 bits per heavy atom. The quantitative estimate of drug-likeness (QED) is 0.221. The maximum atomic E-state index is 11.8. The van der Waals surface area contributed by atoms with Crippen molar-refractivity contribution in [3.8, 4) is 17.2 Å². The van der Waals surface area contributed by atoms with E-state index in [2.05, 4.69) is 20.6 Å². The number of nitrogens with one attached hydrogen (secondary N) is 3. The van der Waals surface area contributed by atoms with Crippen LogP contribution in [0, 0.1) is 13.8 Å². The van der Waals surface area contributed by atoms with E-state index in [1.807, 2.05) is 75.4 Å². The maximum Gasteiger partial charge on any atom is 0.286 e. The van der Waals surface area contributed by atoms with Crippen LogP contribution in [0.2, 0.25) is 0 Å². The van der Waals surface area contributed by atoms with Crippen molar-refractivity contribution in [2.24, 2.45) is 0 Å². The van der Waals surface area contributed by atoms with E-state index < -0.39 is 5.25 Å². The lowest BCUT2D eigenvalue weighted by atomic mass is 10.1. The van der Waals surface area contributed by atoms with Crippen molar-refractivity contribution in [2.75, 3.05) is 5.32 Å². The number of imidazole rings is 1. The summed E-state index contributed by atoms with van der Waals surface area (Å²) in [5.74, 6) is 2.32. The Hall–Kier alpha value is -4.02. The number of amides is 3. The number of imide groups is 1. The Bertz CT molecular complexity index is 1560. The number of halogens is 1. The van der Waals surface area contributed by atoms with Crippen molar-refractivity contribution in [1.29, 1.82) is 0 Å². The predicted octanol–water partition coefficient (Wildman–Crippen LogP) is 6.39. The number of aromatic amines is 1. The summed E-state index contributed by atoms with van der Waals surface area (Å²) in [6.45, 7) is 7.26. The molecule has 11 heteroatoms. The maximum absolute atomic E-state index is 11.8. The number of hydrogen-bond acceptors (Lipinski definition) is 7. The SMILES string of the molecule is CC(=O)Nc1c(C)cc(Oc2ccc3nc(C(C)Oc4ccc(CC5SC(=O)NC5=O)cc4)[nH]c3c2)cc1C.Cl. The highest BCUT2D eigenvalue weighted by atomic mass is 35.5. The molecule has 0 bridgehead atoms. The first-order valence-corrected chi connectivity index (χ1v) is 13.4. The predicted molar refractivity (Wildman–Crippen MR) is 158 cm³/mol. The van der Waals surface area contributed by atoms with Gasteiger partial charge < -0.3 is 19.8 Å². The number of ether oxygens (including phenoxy) is 2. The topological polar surface area (TPSA) is 122 Å². The summed E-state index contributed by atoms with van der Waals surface area (Å²) >= 11 is 1.02. The van der Waals surface area contributed by atoms with Gasteiger partial charge in [0.15, 0.2) is 6.10 Å². The molecular weight excluding hydrogens is 552 g/mol. The van der Waals surface area contributed by atoms with Crippen molar-refractivity contribution in [2.45, 2.75) is 45.5 Å². The zero-order chi connectivity index (χ0) is 27.7. The first-order valence-electron chi connectivity index (χ1n) is 12.5. The van der Waals surface area contributed by atoms with Gasteiger partial charge in [0.05, 0.1) is 16.3 Å². The number of hydrogen-bond donors (Lipinski definition) is 3. The molecular formula is C29H29ClN4O5S.